The lowest BCUT2D eigenvalue weighted by atomic mass is 9.85. The molecule has 0 saturated heterocycles. The highest BCUT2D eigenvalue weighted by molar-refractivity contribution is 6.70. The lowest BCUT2D eigenvalue weighted by Crippen LogP contribution is -2.28. The Balaban J connectivity index is 2.85. The van der Waals surface area contributed by atoms with E-state index in [1.165, 1.54) is 18.6 Å². The first kappa shape index (κ1) is 12.8. The smallest absolute Gasteiger partial charge is 0.241 e. The van der Waals surface area contributed by atoms with E-state index in [0.717, 1.165) is 12.3 Å². The normalized spacial score (nSPS) is 23.5. The summed E-state index contributed by atoms with van der Waals surface area (Å²) in [6, 6.07) is 0. The number of rotatable bonds is 3. The van der Waals surface area contributed by atoms with E-state index in [2.05, 4.69) is 40.4 Å². The summed E-state index contributed by atoms with van der Waals surface area (Å²) >= 11 is 0. The first-order valence-electron chi connectivity index (χ1n) is 6.20. The van der Waals surface area contributed by atoms with E-state index in [1.807, 2.05) is 0 Å². The van der Waals surface area contributed by atoms with Gasteiger partial charge in [0.25, 0.3) is 0 Å². The van der Waals surface area contributed by atoms with E-state index in [4.69, 9.17) is 4.43 Å². The molecular weight excluding hydrogens is 200 g/mol. The molecule has 1 aliphatic carbocycles. The van der Waals surface area contributed by atoms with E-state index in [9.17, 15) is 0 Å². The molecule has 0 aromatic rings. The third kappa shape index (κ3) is 4.02. The Morgan fingerprint density at radius 1 is 1.27 bits per heavy atom. The first-order valence-corrected chi connectivity index (χ1v) is 9.61. The van der Waals surface area contributed by atoms with Gasteiger partial charge in [-0.1, -0.05) is 20.8 Å². The summed E-state index contributed by atoms with van der Waals surface area (Å²) in [5, 5.41) is 0. The molecule has 0 amide bonds. The minimum absolute atomic E-state index is 0.656. The molecule has 1 rings (SSSR count). The zero-order valence-electron chi connectivity index (χ0n) is 11.2. The van der Waals surface area contributed by atoms with Crippen LogP contribution in [-0.2, 0) is 4.43 Å². The lowest BCUT2D eigenvalue weighted by Gasteiger charge is -2.31. The van der Waals surface area contributed by atoms with Gasteiger partial charge in [-0.3, -0.25) is 0 Å². The predicted molar refractivity (Wildman–Crippen MR) is 69.3 cm³/mol. The summed E-state index contributed by atoms with van der Waals surface area (Å²) in [7, 11) is -1.42. The minimum atomic E-state index is -1.42. The van der Waals surface area contributed by atoms with E-state index in [1.54, 1.807) is 5.57 Å². The van der Waals surface area contributed by atoms with Crippen molar-refractivity contribution in [3.8, 4) is 0 Å². The SMILES string of the molecule is CC1CCC(C(C)C)=C(O[Si](C)(C)C)C1. The zero-order chi connectivity index (χ0) is 11.6. The summed E-state index contributed by atoms with van der Waals surface area (Å²) in [6.45, 7) is 13.7. The van der Waals surface area contributed by atoms with Crippen LogP contribution < -0.4 is 0 Å². The van der Waals surface area contributed by atoms with Gasteiger partial charge < -0.3 is 4.43 Å². The maximum Gasteiger partial charge on any atom is 0.241 e. The zero-order valence-corrected chi connectivity index (χ0v) is 12.2. The topological polar surface area (TPSA) is 9.23 Å². The lowest BCUT2D eigenvalue weighted by molar-refractivity contribution is 0.321. The molecule has 0 spiro atoms. The van der Waals surface area contributed by atoms with Crippen LogP contribution in [0.4, 0.5) is 0 Å². The van der Waals surface area contributed by atoms with Gasteiger partial charge in [-0.05, 0) is 49.9 Å². The summed E-state index contributed by atoms with van der Waals surface area (Å²) in [6.07, 6.45) is 3.75. The molecule has 0 radical (unpaired) electrons. The third-order valence-corrected chi connectivity index (χ3v) is 3.78. The Hall–Kier alpha value is -0.243. The van der Waals surface area contributed by atoms with Gasteiger partial charge in [0.2, 0.25) is 8.32 Å². The van der Waals surface area contributed by atoms with Gasteiger partial charge in [0.05, 0.1) is 5.76 Å². The molecule has 0 bridgehead atoms. The van der Waals surface area contributed by atoms with Crippen molar-refractivity contribution in [2.24, 2.45) is 11.8 Å². The second-order valence-corrected chi connectivity index (χ2v) is 10.6. The molecule has 15 heavy (non-hydrogen) atoms. The molecule has 1 atom stereocenters. The van der Waals surface area contributed by atoms with E-state index in [-0.39, 0.29) is 0 Å². The summed E-state index contributed by atoms with van der Waals surface area (Å²) in [5.74, 6) is 2.80. The maximum absolute atomic E-state index is 6.24. The van der Waals surface area contributed by atoms with Crippen molar-refractivity contribution < 1.29 is 4.43 Å². The van der Waals surface area contributed by atoms with Crippen LogP contribution in [0.15, 0.2) is 11.3 Å². The molecule has 1 aliphatic rings. The second-order valence-electron chi connectivity index (χ2n) is 6.17. The van der Waals surface area contributed by atoms with Crippen LogP contribution in [0.1, 0.15) is 40.0 Å². The molecule has 0 fully saturated rings. The predicted octanol–water partition coefficient (Wildman–Crippen LogP) is 4.57. The molecule has 0 saturated carbocycles. The molecule has 0 heterocycles. The van der Waals surface area contributed by atoms with Crippen molar-refractivity contribution in [1.82, 2.24) is 0 Å². The van der Waals surface area contributed by atoms with Crippen LogP contribution in [0.25, 0.3) is 0 Å². The van der Waals surface area contributed by atoms with Crippen molar-refractivity contribution in [3.05, 3.63) is 11.3 Å². The fourth-order valence-electron chi connectivity index (χ4n) is 2.18. The second kappa shape index (κ2) is 4.73. The number of allylic oxidation sites excluding steroid dienone is 2. The van der Waals surface area contributed by atoms with Crippen molar-refractivity contribution >= 4 is 8.32 Å². The van der Waals surface area contributed by atoms with Crippen LogP contribution in [0.2, 0.25) is 19.6 Å². The summed E-state index contributed by atoms with van der Waals surface area (Å²) in [5.41, 5.74) is 1.58. The Kier molecular flexibility index (Phi) is 4.04. The van der Waals surface area contributed by atoms with Gasteiger partial charge in [-0.2, -0.15) is 0 Å². The van der Waals surface area contributed by atoms with Crippen molar-refractivity contribution in [2.75, 3.05) is 0 Å². The van der Waals surface area contributed by atoms with Crippen molar-refractivity contribution in [3.63, 3.8) is 0 Å². The van der Waals surface area contributed by atoms with Crippen LogP contribution in [0, 0.1) is 11.8 Å². The minimum Gasteiger partial charge on any atom is -0.547 e. The molecule has 0 aromatic heterocycles. The van der Waals surface area contributed by atoms with Gasteiger partial charge in [0.15, 0.2) is 0 Å². The van der Waals surface area contributed by atoms with Crippen LogP contribution in [-0.4, -0.2) is 8.32 Å². The standard InChI is InChI=1S/C13H26OSi/c1-10(2)12-8-7-11(3)9-13(12)14-15(4,5)6/h10-11H,7-9H2,1-6H3. The van der Waals surface area contributed by atoms with Gasteiger partial charge >= 0.3 is 0 Å². The van der Waals surface area contributed by atoms with Crippen LogP contribution in [0.5, 0.6) is 0 Å². The summed E-state index contributed by atoms with van der Waals surface area (Å²) in [4.78, 5) is 0. The summed E-state index contributed by atoms with van der Waals surface area (Å²) < 4.78 is 6.24. The Labute approximate surface area is 96.0 Å². The first-order chi connectivity index (χ1) is 6.79. The average molecular weight is 226 g/mol. The highest BCUT2D eigenvalue weighted by atomic mass is 28.4. The highest BCUT2D eigenvalue weighted by Gasteiger charge is 2.25. The van der Waals surface area contributed by atoms with Gasteiger partial charge in [-0.15, -0.1) is 0 Å². The Bertz CT molecular complexity index is 248. The maximum atomic E-state index is 6.24. The molecule has 0 N–H and O–H groups in total. The molecule has 2 heteroatoms. The Morgan fingerprint density at radius 2 is 1.87 bits per heavy atom. The Morgan fingerprint density at radius 3 is 2.33 bits per heavy atom. The fourth-order valence-corrected chi connectivity index (χ4v) is 3.13. The molecule has 88 valence electrons. The number of hydrogen-bond acceptors (Lipinski definition) is 1. The van der Waals surface area contributed by atoms with Crippen LogP contribution in [0.3, 0.4) is 0 Å². The largest absolute Gasteiger partial charge is 0.547 e. The van der Waals surface area contributed by atoms with E-state index < -0.39 is 8.32 Å². The molecule has 0 aromatic carbocycles. The number of hydrogen-bond donors (Lipinski definition) is 0. The molecule has 0 aliphatic heterocycles. The molecule has 1 unspecified atom stereocenters. The quantitative estimate of drug-likeness (QED) is 0.641. The molecule has 1 nitrogen and oxygen atoms in total. The third-order valence-electron chi connectivity index (χ3n) is 2.92. The fraction of sp³-hybridized carbons (Fsp3) is 0.846. The van der Waals surface area contributed by atoms with Crippen molar-refractivity contribution in [2.45, 2.75) is 59.7 Å². The molecular formula is C13H26OSi. The van der Waals surface area contributed by atoms with Gasteiger partial charge in [0.1, 0.15) is 0 Å². The van der Waals surface area contributed by atoms with E-state index >= 15 is 0 Å². The average Bonchev–Trinajstić information content (AvgIpc) is 1.99. The van der Waals surface area contributed by atoms with E-state index in [0.29, 0.717) is 5.92 Å². The van der Waals surface area contributed by atoms with Gasteiger partial charge in [0, 0.05) is 6.42 Å². The van der Waals surface area contributed by atoms with Crippen molar-refractivity contribution in [1.29, 1.82) is 0 Å². The van der Waals surface area contributed by atoms with Gasteiger partial charge in [-0.25, -0.2) is 0 Å². The van der Waals surface area contributed by atoms with Crippen LogP contribution >= 0.6 is 0 Å². The monoisotopic (exact) mass is 226 g/mol. The highest BCUT2D eigenvalue weighted by Crippen LogP contribution is 2.35.